The Morgan fingerprint density at radius 2 is 1.93 bits per heavy atom. The van der Waals surface area contributed by atoms with Crippen LogP contribution < -0.4 is 4.74 Å². The summed E-state index contributed by atoms with van der Waals surface area (Å²) < 4.78 is 45.3. The molecule has 1 aromatic carbocycles. The van der Waals surface area contributed by atoms with Crippen molar-refractivity contribution in [3.05, 3.63) is 29.3 Å². The Bertz CT molecular complexity index is 774. The van der Waals surface area contributed by atoms with E-state index in [1.165, 1.54) is 25.3 Å². The van der Waals surface area contributed by atoms with Crippen molar-refractivity contribution >= 4 is 5.91 Å². The van der Waals surface area contributed by atoms with E-state index >= 15 is 0 Å². The quantitative estimate of drug-likeness (QED) is 0.723. The zero-order chi connectivity index (χ0) is 20.8. The second-order valence-corrected chi connectivity index (χ2v) is 8.99. The van der Waals surface area contributed by atoms with Crippen molar-refractivity contribution in [2.75, 3.05) is 19.6 Å². The summed E-state index contributed by atoms with van der Waals surface area (Å²) in [6.07, 6.45) is 0.246. The van der Waals surface area contributed by atoms with Crippen molar-refractivity contribution in [3.63, 3.8) is 0 Å². The number of nitrogens with zero attached hydrogens (tertiary/aromatic N) is 2. The van der Waals surface area contributed by atoms with Gasteiger partial charge in [0.2, 0.25) is 5.91 Å². The van der Waals surface area contributed by atoms with Crippen LogP contribution in [-0.2, 0) is 17.5 Å². The van der Waals surface area contributed by atoms with Crippen LogP contribution in [0.2, 0.25) is 0 Å². The smallest absolute Gasteiger partial charge is 0.416 e. The molecule has 2 saturated heterocycles. The number of piperidine rings is 1. The van der Waals surface area contributed by atoms with Crippen LogP contribution in [-0.4, -0.2) is 41.6 Å². The average Bonchev–Trinajstić information content (AvgIpc) is 2.97. The lowest BCUT2D eigenvalue weighted by atomic mass is 9.72. The molecule has 2 unspecified atom stereocenters. The van der Waals surface area contributed by atoms with Gasteiger partial charge >= 0.3 is 6.18 Å². The van der Waals surface area contributed by atoms with E-state index in [0.717, 1.165) is 38.2 Å². The summed E-state index contributed by atoms with van der Waals surface area (Å²) in [6, 6.07) is 3.56. The Labute approximate surface area is 170 Å². The molecule has 3 aliphatic rings. The van der Waals surface area contributed by atoms with Crippen LogP contribution in [0.4, 0.5) is 13.2 Å². The van der Waals surface area contributed by atoms with Crippen LogP contribution >= 0.6 is 0 Å². The number of rotatable bonds is 4. The summed E-state index contributed by atoms with van der Waals surface area (Å²) >= 11 is 0. The van der Waals surface area contributed by atoms with E-state index in [9.17, 15) is 18.0 Å². The third-order valence-electron chi connectivity index (χ3n) is 6.99. The first-order valence-electron chi connectivity index (χ1n) is 10.6. The maximum Gasteiger partial charge on any atom is 0.416 e. The second-order valence-electron chi connectivity index (χ2n) is 8.99. The number of hydrogen-bond donors (Lipinski definition) is 0. The minimum absolute atomic E-state index is 0.0255. The van der Waals surface area contributed by atoms with E-state index in [-0.39, 0.29) is 18.4 Å². The van der Waals surface area contributed by atoms with Gasteiger partial charge in [0.05, 0.1) is 17.5 Å². The number of alkyl halides is 3. The van der Waals surface area contributed by atoms with E-state index in [1.54, 1.807) is 4.90 Å². The fourth-order valence-corrected chi connectivity index (χ4v) is 5.05. The SMILES string of the molecule is CC(C)C1(CCN2CCCCC2)CC2Oc3ccc(C(F)(F)F)cc3CN2C1=O. The van der Waals surface area contributed by atoms with Gasteiger partial charge in [0.1, 0.15) is 5.75 Å². The van der Waals surface area contributed by atoms with Crippen molar-refractivity contribution in [2.24, 2.45) is 11.3 Å². The standard InChI is InChI=1S/C22H29F3N2O2/c1-15(2)21(8-11-26-9-4-3-5-10-26)13-19-27(20(21)28)14-16-12-17(22(23,24)25)6-7-18(16)29-19/h6-7,12,15,19H,3-5,8-11,13-14H2,1-2H3. The largest absolute Gasteiger partial charge is 0.470 e. The van der Waals surface area contributed by atoms with Crippen LogP contribution in [0.5, 0.6) is 5.75 Å². The molecule has 0 aromatic heterocycles. The molecule has 4 rings (SSSR count). The maximum atomic E-state index is 13.5. The lowest BCUT2D eigenvalue weighted by Gasteiger charge is -2.35. The molecule has 0 spiro atoms. The summed E-state index contributed by atoms with van der Waals surface area (Å²) in [4.78, 5) is 17.6. The molecule has 1 aromatic rings. The van der Waals surface area contributed by atoms with Gasteiger partial charge in [-0.2, -0.15) is 13.2 Å². The molecule has 2 atom stereocenters. The number of amides is 1. The van der Waals surface area contributed by atoms with E-state index < -0.39 is 23.4 Å². The first-order valence-corrected chi connectivity index (χ1v) is 10.6. The molecule has 0 N–H and O–H groups in total. The topological polar surface area (TPSA) is 32.8 Å². The summed E-state index contributed by atoms with van der Waals surface area (Å²) in [7, 11) is 0. The molecule has 3 aliphatic heterocycles. The number of likely N-dealkylation sites (tertiary alicyclic amines) is 1. The van der Waals surface area contributed by atoms with E-state index in [0.29, 0.717) is 17.7 Å². The van der Waals surface area contributed by atoms with Crippen LogP contribution in [0, 0.1) is 11.3 Å². The molecule has 7 heteroatoms. The van der Waals surface area contributed by atoms with Gasteiger partial charge in [-0.1, -0.05) is 20.3 Å². The van der Waals surface area contributed by atoms with Crippen molar-refractivity contribution in [3.8, 4) is 5.75 Å². The molecule has 0 radical (unpaired) electrons. The van der Waals surface area contributed by atoms with Gasteiger partial charge in [0.15, 0.2) is 6.23 Å². The summed E-state index contributed by atoms with van der Waals surface area (Å²) in [6.45, 7) is 7.37. The number of hydrogen-bond acceptors (Lipinski definition) is 3. The van der Waals surface area contributed by atoms with E-state index in [2.05, 4.69) is 18.7 Å². The van der Waals surface area contributed by atoms with Crippen LogP contribution in [0.3, 0.4) is 0 Å². The molecule has 4 nitrogen and oxygen atoms in total. The molecule has 1 amide bonds. The van der Waals surface area contributed by atoms with Crippen molar-refractivity contribution in [2.45, 2.75) is 64.9 Å². The zero-order valence-corrected chi connectivity index (χ0v) is 17.1. The van der Waals surface area contributed by atoms with Gasteiger partial charge in [-0.25, -0.2) is 0 Å². The lowest BCUT2D eigenvalue weighted by Crippen LogP contribution is -2.43. The Morgan fingerprint density at radius 3 is 2.59 bits per heavy atom. The summed E-state index contributed by atoms with van der Waals surface area (Å²) in [5.74, 6) is 0.628. The fraction of sp³-hybridized carbons (Fsp3) is 0.682. The monoisotopic (exact) mass is 410 g/mol. The van der Waals surface area contributed by atoms with Crippen molar-refractivity contribution < 1.29 is 22.7 Å². The third-order valence-corrected chi connectivity index (χ3v) is 6.99. The average molecular weight is 410 g/mol. The lowest BCUT2D eigenvalue weighted by molar-refractivity contribution is -0.142. The van der Waals surface area contributed by atoms with Crippen molar-refractivity contribution in [1.29, 1.82) is 0 Å². The highest BCUT2D eigenvalue weighted by Crippen LogP contribution is 2.49. The fourth-order valence-electron chi connectivity index (χ4n) is 5.05. The first-order chi connectivity index (χ1) is 13.7. The van der Waals surface area contributed by atoms with Crippen LogP contribution in [0.25, 0.3) is 0 Å². The molecule has 0 aliphatic carbocycles. The molecular formula is C22H29F3N2O2. The predicted octanol–water partition coefficient (Wildman–Crippen LogP) is 4.67. The zero-order valence-electron chi connectivity index (χ0n) is 17.1. The molecule has 0 bridgehead atoms. The number of halogens is 3. The Balaban J connectivity index is 1.54. The highest BCUT2D eigenvalue weighted by molar-refractivity contribution is 5.86. The van der Waals surface area contributed by atoms with Gasteiger partial charge in [-0.3, -0.25) is 4.79 Å². The normalized spacial score (nSPS) is 27.7. The van der Waals surface area contributed by atoms with Gasteiger partial charge < -0.3 is 14.5 Å². The van der Waals surface area contributed by atoms with Crippen LogP contribution in [0.15, 0.2) is 18.2 Å². The van der Waals surface area contributed by atoms with Gasteiger partial charge in [-0.05, 0) is 63.0 Å². The van der Waals surface area contributed by atoms with Gasteiger partial charge in [0.25, 0.3) is 0 Å². The van der Waals surface area contributed by atoms with Gasteiger partial charge in [-0.15, -0.1) is 0 Å². The highest BCUT2D eigenvalue weighted by atomic mass is 19.4. The first kappa shape index (κ1) is 20.5. The predicted molar refractivity (Wildman–Crippen MR) is 103 cm³/mol. The van der Waals surface area contributed by atoms with E-state index in [1.807, 2.05) is 0 Å². The summed E-state index contributed by atoms with van der Waals surface area (Å²) in [5, 5.41) is 0. The molecular weight excluding hydrogens is 381 g/mol. The highest BCUT2D eigenvalue weighted by Gasteiger charge is 2.55. The molecule has 3 heterocycles. The van der Waals surface area contributed by atoms with E-state index in [4.69, 9.17) is 4.74 Å². The summed E-state index contributed by atoms with van der Waals surface area (Å²) in [5.41, 5.74) is -0.790. The number of benzene rings is 1. The third kappa shape index (κ3) is 3.74. The van der Waals surface area contributed by atoms with Gasteiger partial charge in [0, 0.05) is 12.0 Å². The van der Waals surface area contributed by atoms with Crippen LogP contribution in [0.1, 0.15) is 57.1 Å². The van der Waals surface area contributed by atoms with Crippen molar-refractivity contribution in [1.82, 2.24) is 9.80 Å². The molecule has 160 valence electrons. The minimum Gasteiger partial charge on any atom is -0.470 e. The Hall–Kier alpha value is -1.76. The number of fused-ring (bicyclic) bond motifs is 2. The Morgan fingerprint density at radius 1 is 1.21 bits per heavy atom. The minimum atomic E-state index is -4.41. The number of carbonyl (C=O) groups excluding carboxylic acids is 1. The molecule has 29 heavy (non-hydrogen) atoms. The Kier molecular flexibility index (Phi) is 5.30. The molecule has 0 saturated carbocycles. The second kappa shape index (κ2) is 7.49. The molecule has 2 fully saturated rings. The number of ether oxygens (including phenoxy) is 1. The number of carbonyl (C=O) groups is 1. The maximum absolute atomic E-state index is 13.5.